The van der Waals surface area contributed by atoms with Crippen LogP contribution in [0, 0.1) is 11.3 Å². The number of hydrogen-bond donors (Lipinski definition) is 1. The molecular weight excluding hydrogens is 340 g/mol. The van der Waals surface area contributed by atoms with Crippen LogP contribution in [0.15, 0.2) is 24.5 Å². The minimum atomic E-state index is -0.00811. The lowest BCUT2D eigenvalue weighted by Crippen LogP contribution is -2.51. The molecule has 27 heavy (non-hydrogen) atoms. The van der Waals surface area contributed by atoms with E-state index >= 15 is 0 Å². The smallest absolute Gasteiger partial charge is 0.220 e. The summed E-state index contributed by atoms with van der Waals surface area (Å²) in [7, 11) is 1.65. The molecule has 1 saturated heterocycles. The minimum absolute atomic E-state index is 0.00811. The topological polar surface area (TPSA) is 67.3 Å². The van der Waals surface area contributed by atoms with Gasteiger partial charge in [0, 0.05) is 37.9 Å². The van der Waals surface area contributed by atoms with Crippen molar-refractivity contribution in [3.8, 4) is 5.75 Å². The van der Waals surface area contributed by atoms with Crippen LogP contribution in [-0.4, -0.2) is 42.1 Å². The van der Waals surface area contributed by atoms with Crippen LogP contribution in [0.2, 0.25) is 0 Å². The zero-order chi connectivity index (χ0) is 19.6. The van der Waals surface area contributed by atoms with Gasteiger partial charge < -0.3 is 15.0 Å². The van der Waals surface area contributed by atoms with Crippen LogP contribution < -0.4 is 15.0 Å². The largest absolute Gasteiger partial charge is 0.494 e. The third kappa shape index (κ3) is 4.67. The van der Waals surface area contributed by atoms with Crippen LogP contribution in [0.3, 0.4) is 0 Å². The highest BCUT2D eigenvalue weighted by Crippen LogP contribution is 2.33. The molecule has 0 saturated carbocycles. The predicted octanol–water partition coefficient (Wildman–Crippen LogP) is 3.41. The van der Waals surface area contributed by atoms with Gasteiger partial charge in [-0.25, -0.2) is 4.98 Å². The van der Waals surface area contributed by atoms with Crippen molar-refractivity contribution in [3.05, 3.63) is 24.5 Å². The van der Waals surface area contributed by atoms with Gasteiger partial charge in [0.1, 0.15) is 16.8 Å². The molecule has 0 spiro atoms. The Hall–Kier alpha value is -2.37. The summed E-state index contributed by atoms with van der Waals surface area (Å²) in [6, 6.07) is 4.12. The Morgan fingerprint density at radius 3 is 2.59 bits per heavy atom. The third-order valence-corrected chi connectivity index (χ3v) is 4.84. The number of rotatable bonds is 4. The predicted molar refractivity (Wildman–Crippen MR) is 108 cm³/mol. The van der Waals surface area contributed by atoms with Crippen LogP contribution >= 0.6 is 0 Å². The highest BCUT2D eigenvalue weighted by Gasteiger charge is 2.28. The Morgan fingerprint density at radius 2 is 1.93 bits per heavy atom. The summed E-state index contributed by atoms with van der Waals surface area (Å²) in [5.74, 6) is 1.33. The normalized spacial score (nSPS) is 20.6. The number of carbonyl (C=O) groups is 1. The summed E-state index contributed by atoms with van der Waals surface area (Å²) in [5, 5.41) is 3.23. The van der Waals surface area contributed by atoms with Gasteiger partial charge in [0.2, 0.25) is 5.91 Å². The van der Waals surface area contributed by atoms with E-state index in [-0.39, 0.29) is 17.4 Å². The first-order chi connectivity index (χ1) is 12.8. The van der Waals surface area contributed by atoms with E-state index in [1.54, 1.807) is 19.5 Å². The number of anilines is 1. The molecule has 2 atom stereocenters. The fourth-order valence-corrected chi connectivity index (χ4v) is 3.85. The van der Waals surface area contributed by atoms with Gasteiger partial charge in [-0.15, -0.1) is 0 Å². The first-order valence-electron chi connectivity index (χ1n) is 9.59. The lowest BCUT2D eigenvalue weighted by molar-refractivity contribution is -0.123. The molecule has 1 aliphatic rings. The van der Waals surface area contributed by atoms with Gasteiger partial charge in [-0.05, 0) is 29.9 Å². The van der Waals surface area contributed by atoms with E-state index in [9.17, 15) is 4.79 Å². The second-order valence-electron chi connectivity index (χ2n) is 8.79. The van der Waals surface area contributed by atoms with Gasteiger partial charge >= 0.3 is 0 Å². The Balaban J connectivity index is 1.83. The molecule has 0 bridgehead atoms. The summed E-state index contributed by atoms with van der Waals surface area (Å²) >= 11 is 0. The second-order valence-corrected chi connectivity index (χ2v) is 8.79. The van der Waals surface area contributed by atoms with E-state index < -0.39 is 0 Å². The number of methoxy groups -OCH3 is 1. The molecule has 0 radical (unpaired) electrons. The number of fused-ring (bicyclic) bond motifs is 1. The molecule has 2 aromatic rings. The standard InChI is InChI=1S/C21H30N4O2/c1-14-10-15(24-18(26)11-21(2,3)4)13-25(12-14)16-6-7-17(27-5)20-19(16)22-8-9-23-20/h6-9,14-15H,10-13H2,1-5H3,(H,24,26)/t14-,15+/m0/s1. The van der Waals surface area contributed by atoms with Gasteiger partial charge in [-0.1, -0.05) is 27.7 Å². The van der Waals surface area contributed by atoms with Crippen molar-refractivity contribution in [2.24, 2.45) is 11.3 Å². The highest BCUT2D eigenvalue weighted by atomic mass is 16.5. The fourth-order valence-electron chi connectivity index (χ4n) is 3.85. The summed E-state index contributed by atoms with van der Waals surface area (Å²) in [4.78, 5) is 23.7. The van der Waals surface area contributed by atoms with Crippen LogP contribution in [-0.2, 0) is 4.79 Å². The average molecular weight is 370 g/mol. The molecule has 1 aliphatic heterocycles. The van der Waals surface area contributed by atoms with E-state index in [2.05, 4.69) is 47.9 Å². The first-order valence-corrected chi connectivity index (χ1v) is 9.59. The Kier molecular flexibility index (Phi) is 5.53. The molecule has 0 unspecified atom stereocenters. The summed E-state index contributed by atoms with van der Waals surface area (Å²) < 4.78 is 5.43. The van der Waals surface area contributed by atoms with E-state index in [0.29, 0.717) is 12.3 Å². The van der Waals surface area contributed by atoms with Crippen LogP contribution in [0.1, 0.15) is 40.5 Å². The number of piperidine rings is 1. The van der Waals surface area contributed by atoms with E-state index in [0.717, 1.165) is 42.0 Å². The fraction of sp³-hybridized carbons (Fsp3) is 0.571. The SMILES string of the molecule is COc1ccc(N2C[C@@H](C)C[C@@H](NC(=O)CC(C)(C)C)C2)c2nccnc12. The van der Waals surface area contributed by atoms with Crippen LogP contribution in [0.25, 0.3) is 11.0 Å². The van der Waals surface area contributed by atoms with Gasteiger partial charge in [0.25, 0.3) is 0 Å². The molecule has 6 nitrogen and oxygen atoms in total. The van der Waals surface area contributed by atoms with Crippen molar-refractivity contribution < 1.29 is 9.53 Å². The van der Waals surface area contributed by atoms with E-state index in [4.69, 9.17) is 4.74 Å². The maximum Gasteiger partial charge on any atom is 0.220 e. The maximum absolute atomic E-state index is 12.4. The zero-order valence-electron chi connectivity index (χ0n) is 17.0. The third-order valence-electron chi connectivity index (χ3n) is 4.84. The molecule has 1 fully saturated rings. The Morgan fingerprint density at radius 1 is 1.22 bits per heavy atom. The highest BCUT2D eigenvalue weighted by molar-refractivity contribution is 5.92. The molecule has 1 N–H and O–H groups in total. The summed E-state index contributed by atoms with van der Waals surface area (Å²) in [6.07, 6.45) is 4.92. The number of ether oxygens (including phenoxy) is 1. The molecule has 3 rings (SSSR count). The summed E-state index contributed by atoms with van der Waals surface area (Å²) in [6.45, 7) is 10.2. The maximum atomic E-state index is 12.4. The van der Waals surface area contributed by atoms with Crippen LogP contribution in [0.5, 0.6) is 5.75 Å². The average Bonchev–Trinajstić information content (AvgIpc) is 2.58. The van der Waals surface area contributed by atoms with Crippen molar-refractivity contribution in [2.45, 2.75) is 46.6 Å². The number of aromatic nitrogens is 2. The van der Waals surface area contributed by atoms with Gasteiger partial charge in [0.15, 0.2) is 0 Å². The molecule has 6 heteroatoms. The number of nitrogens with zero attached hydrogens (tertiary/aromatic N) is 3. The second kappa shape index (κ2) is 7.71. The lowest BCUT2D eigenvalue weighted by Gasteiger charge is -2.38. The lowest BCUT2D eigenvalue weighted by atomic mass is 9.91. The van der Waals surface area contributed by atoms with Crippen LogP contribution in [0.4, 0.5) is 5.69 Å². The zero-order valence-corrected chi connectivity index (χ0v) is 17.0. The number of benzene rings is 1. The van der Waals surface area contributed by atoms with Gasteiger partial charge in [0.05, 0.1) is 12.8 Å². The van der Waals surface area contributed by atoms with Crippen molar-refractivity contribution in [1.82, 2.24) is 15.3 Å². The van der Waals surface area contributed by atoms with Crippen molar-refractivity contribution in [3.63, 3.8) is 0 Å². The van der Waals surface area contributed by atoms with Gasteiger partial charge in [-0.3, -0.25) is 9.78 Å². The monoisotopic (exact) mass is 370 g/mol. The molecule has 146 valence electrons. The Bertz CT molecular complexity index is 815. The Labute approximate surface area is 161 Å². The molecule has 1 amide bonds. The van der Waals surface area contributed by atoms with Gasteiger partial charge in [-0.2, -0.15) is 0 Å². The molecule has 2 heterocycles. The molecule has 1 aromatic heterocycles. The van der Waals surface area contributed by atoms with Crippen molar-refractivity contribution in [2.75, 3.05) is 25.1 Å². The molecule has 0 aliphatic carbocycles. The first kappa shape index (κ1) is 19.4. The number of hydrogen-bond acceptors (Lipinski definition) is 5. The quantitative estimate of drug-likeness (QED) is 0.893. The number of carbonyl (C=O) groups excluding carboxylic acids is 1. The van der Waals surface area contributed by atoms with Crippen molar-refractivity contribution >= 4 is 22.6 Å². The number of amides is 1. The van der Waals surface area contributed by atoms with E-state index in [1.165, 1.54) is 0 Å². The summed E-state index contributed by atoms with van der Waals surface area (Å²) in [5.41, 5.74) is 2.64. The number of nitrogens with one attached hydrogen (secondary N) is 1. The minimum Gasteiger partial charge on any atom is -0.494 e. The molecular formula is C21H30N4O2. The molecule has 1 aromatic carbocycles. The van der Waals surface area contributed by atoms with E-state index in [1.807, 2.05) is 12.1 Å². The van der Waals surface area contributed by atoms with Crippen molar-refractivity contribution in [1.29, 1.82) is 0 Å².